The average Bonchev–Trinajstić information content (AvgIpc) is 2.71. The van der Waals surface area contributed by atoms with E-state index in [0.717, 1.165) is 11.3 Å². The molecule has 1 amide bonds. The second-order valence-electron chi connectivity index (χ2n) is 6.42. The number of amides is 1. The number of carbonyl (C=O) groups excluding carboxylic acids is 1. The van der Waals surface area contributed by atoms with E-state index in [1.54, 1.807) is 12.1 Å². The molecule has 0 fully saturated rings. The third-order valence-electron chi connectivity index (χ3n) is 4.26. The van der Waals surface area contributed by atoms with E-state index >= 15 is 0 Å². The number of phenolic OH excluding ortho intramolecular Hbond substituents is 1. The van der Waals surface area contributed by atoms with Crippen molar-refractivity contribution in [1.29, 1.82) is 0 Å². The first-order valence-electron chi connectivity index (χ1n) is 8.83. The van der Waals surface area contributed by atoms with Crippen molar-refractivity contribution in [3.8, 4) is 5.75 Å². The Morgan fingerprint density at radius 3 is 2.28 bits per heavy atom. The third kappa shape index (κ3) is 5.32. The minimum atomic E-state index is -0.494. The van der Waals surface area contributed by atoms with Crippen molar-refractivity contribution < 1.29 is 14.3 Å². The molecule has 0 aliphatic rings. The lowest BCUT2D eigenvalue weighted by Gasteiger charge is -2.02. The van der Waals surface area contributed by atoms with E-state index in [4.69, 9.17) is 0 Å². The summed E-state index contributed by atoms with van der Waals surface area (Å²) < 4.78 is 12.9. The molecule has 0 heterocycles. The maximum absolute atomic E-state index is 12.9. The topological polar surface area (TPSA) is 86.4 Å². The summed E-state index contributed by atoms with van der Waals surface area (Å²) in [6, 6.07) is 15.5. The first-order chi connectivity index (χ1) is 13.9. The van der Waals surface area contributed by atoms with E-state index in [9.17, 15) is 14.3 Å². The van der Waals surface area contributed by atoms with Gasteiger partial charge in [0.05, 0.1) is 17.6 Å². The zero-order chi connectivity index (χ0) is 20.8. The minimum absolute atomic E-state index is 0.0186. The summed E-state index contributed by atoms with van der Waals surface area (Å²) in [5.41, 5.74) is 6.50. The zero-order valence-corrected chi connectivity index (χ0v) is 15.9. The van der Waals surface area contributed by atoms with Crippen LogP contribution in [0.25, 0.3) is 0 Å². The summed E-state index contributed by atoms with van der Waals surface area (Å²) in [6.45, 7) is 4.03. The van der Waals surface area contributed by atoms with E-state index in [1.165, 1.54) is 42.1 Å². The number of azo groups is 1. The normalized spacial score (nSPS) is 11.3. The van der Waals surface area contributed by atoms with Crippen molar-refractivity contribution in [3.05, 3.63) is 88.7 Å². The number of benzene rings is 3. The summed E-state index contributed by atoms with van der Waals surface area (Å²) in [7, 11) is 0. The van der Waals surface area contributed by atoms with Gasteiger partial charge in [-0.1, -0.05) is 6.07 Å². The molecule has 0 bridgehead atoms. The molecule has 0 spiro atoms. The first-order valence-corrected chi connectivity index (χ1v) is 8.83. The van der Waals surface area contributed by atoms with Gasteiger partial charge in [-0.3, -0.25) is 4.79 Å². The standard InChI is InChI=1S/C22H19FN4O2/c1-14-3-8-19(11-15(14)2)25-26-20-9-10-21(28)17(12-20)13-24-27-22(29)16-4-6-18(23)7-5-16/h3-13,28H,1-2H3,(H,27,29)/b24-13-,26-25?. The van der Waals surface area contributed by atoms with Gasteiger partial charge >= 0.3 is 0 Å². The summed E-state index contributed by atoms with van der Waals surface area (Å²) in [4.78, 5) is 12.0. The largest absolute Gasteiger partial charge is 0.507 e. The molecular formula is C22H19FN4O2. The molecule has 0 aliphatic heterocycles. The van der Waals surface area contributed by atoms with Gasteiger partial charge in [-0.25, -0.2) is 9.82 Å². The Balaban J connectivity index is 1.70. The van der Waals surface area contributed by atoms with E-state index in [0.29, 0.717) is 11.3 Å². The van der Waals surface area contributed by atoms with Crippen LogP contribution in [0.15, 0.2) is 76.0 Å². The molecule has 3 aromatic carbocycles. The fraction of sp³-hybridized carbons (Fsp3) is 0.0909. The van der Waals surface area contributed by atoms with Gasteiger partial charge in [-0.2, -0.15) is 15.3 Å². The molecule has 29 heavy (non-hydrogen) atoms. The second-order valence-corrected chi connectivity index (χ2v) is 6.42. The Labute approximate surface area is 167 Å². The van der Waals surface area contributed by atoms with Crippen LogP contribution < -0.4 is 5.43 Å². The molecule has 7 heteroatoms. The van der Waals surface area contributed by atoms with Crippen LogP contribution in [-0.2, 0) is 0 Å². The predicted octanol–water partition coefficient (Wildman–Crippen LogP) is 5.33. The maximum atomic E-state index is 12.9. The van der Waals surface area contributed by atoms with Gasteiger partial charge in [0.1, 0.15) is 11.6 Å². The lowest BCUT2D eigenvalue weighted by molar-refractivity contribution is 0.0955. The lowest BCUT2D eigenvalue weighted by atomic mass is 10.1. The summed E-state index contributed by atoms with van der Waals surface area (Å²) in [6.07, 6.45) is 1.30. The molecule has 0 aliphatic carbocycles. The summed E-state index contributed by atoms with van der Waals surface area (Å²) >= 11 is 0. The molecule has 0 atom stereocenters. The molecule has 3 aromatic rings. The van der Waals surface area contributed by atoms with Gasteiger partial charge in [-0.15, -0.1) is 0 Å². The second kappa shape index (κ2) is 8.88. The Morgan fingerprint density at radius 1 is 0.931 bits per heavy atom. The Hall–Kier alpha value is -3.87. The Morgan fingerprint density at radius 2 is 1.59 bits per heavy atom. The fourth-order valence-corrected chi connectivity index (χ4v) is 2.44. The van der Waals surface area contributed by atoms with Gasteiger partial charge in [0.15, 0.2) is 0 Å². The monoisotopic (exact) mass is 390 g/mol. The van der Waals surface area contributed by atoms with Crippen LogP contribution in [0.2, 0.25) is 0 Å². The molecule has 0 saturated carbocycles. The van der Waals surface area contributed by atoms with Gasteiger partial charge in [0.25, 0.3) is 5.91 Å². The van der Waals surface area contributed by atoms with Crippen molar-refractivity contribution >= 4 is 23.5 Å². The molecule has 3 rings (SSSR count). The van der Waals surface area contributed by atoms with Gasteiger partial charge in [-0.05, 0) is 79.6 Å². The zero-order valence-electron chi connectivity index (χ0n) is 15.9. The molecule has 0 radical (unpaired) electrons. The van der Waals surface area contributed by atoms with Gasteiger partial charge < -0.3 is 5.11 Å². The van der Waals surface area contributed by atoms with Crippen LogP contribution in [0.3, 0.4) is 0 Å². The number of nitrogens with zero attached hydrogens (tertiary/aromatic N) is 3. The van der Waals surface area contributed by atoms with Crippen LogP contribution in [0.5, 0.6) is 5.75 Å². The predicted molar refractivity (Wildman–Crippen MR) is 110 cm³/mol. The lowest BCUT2D eigenvalue weighted by Crippen LogP contribution is -2.17. The van der Waals surface area contributed by atoms with E-state index in [2.05, 4.69) is 20.8 Å². The molecule has 146 valence electrons. The number of halogens is 1. The molecule has 0 aromatic heterocycles. The Bertz CT molecular complexity index is 1090. The number of carbonyl (C=O) groups is 1. The minimum Gasteiger partial charge on any atom is -0.507 e. The number of hydrazone groups is 1. The number of hydrogen-bond acceptors (Lipinski definition) is 5. The number of phenols is 1. The molecule has 0 saturated heterocycles. The van der Waals surface area contributed by atoms with Crippen LogP contribution in [0.1, 0.15) is 27.0 Å². The fourth-order valence-electron chi connectivity index (χ4n) is 2.44. The number of hydrogen-bond donors (Lipinski definition) is 2. The number of rotatable bonds is 5. The maximum Gasteiger partial charge on any atom is 0.271 e. The number of aromatic hydroxyl groups is 1. The Kier molecular flexibility index (Phi) is 6.09. The average molecular weight is 390 g/mol. The number of nitrogens with one attached hydrogen (secondary N) is 1. The summed E-state index contributed by atoms with van der Waals surface area (Å²) in [5, 5.41) is 22.2. The van der Waals surface area contributed by atoms with Crippen LogP contribution >= 0.6 is 0 Å². The van der Waals surface area contributed by atoms with E-state index < -0.39 is 11.7 Å². The molecule has 0 unspecified atom stereocenters. The summed E-state index contributed by atoms with van der Waals surface area (Å²) in [5.74, 6) is -0.942. The van der Waals surface area contributed by atoms with Crippen molar-refractivity contribution in [2.24, 2.45) is 15.3 Å². The highest BCUT2D eigenvalue weighted by atomic mass is 19.1. The van der Waals surface area contributed by atoms with Crippen molar-refractivity contribution in [3.63, 3.8) is 0 Å². The SMILES string of the molecule is Cc1ccc(N=Nc2ccc(O)c(/C=N\NC(=O)c3ccc(F)cc3)c2)cc1C. The number of aryl methyl sites for hydroxylation is 2. The molecule has 6 nitrogen and oxygen atoms in total. The van der Waals surface area contributed by atoms with Crippen LogP contribution in [-0.4, -0.2) is 17.2 Å². The highest BCUT2D eigenvalue weighted by Crippen LogP contribution is 2.25. The molecule has 2 N–H and O–H groups in total. The third-order valence-corrected chi connectivity index (χ3v) is 4.26. The quantitative estimate of drug-likeness (QED) is 0.351. The highest BCUT2D eigenvalue weighted by molar-refractivity contribution is 5.95. The highest BCUT2D eigenvalue weighted by Gasteiger charge is 2.05. The van der Waals surface area contributed by atoms with Gasteiger partial charge in [0, 0.05) is 11.1 Å². The van der Waals surface area contributed by atoms with E-state index in [-0.39, 0.29) is 11.3 Å². The van der Waals surface area contributed by atoms with Crippen molar-refractivity contribution in [1.82, 2.24) is 5.43 Å². The van der Waals surface area contributed by atoms with Crippen LogP contribution in [0.4, 0.5) is 15.8 Å². The van der Waals surface area contributed by atoms with Crippen LogP contribution in [0, 0.1) is 19.7 Å². The smallest absolute Gasteiger partial charge is 0.271 e. The first kappa shape index (κ1) is 19.9. The van der Waals surface area contributed by atoms with Crippen molar-refractivity contribution in [2.75, 3.05) is 0 Å². The molecular weight excluding hydrogens is 371 g/mol. The van der Waals surface area contributed by atoms with Gasteiger partial charge in [0.2, 0.25) is 0 Å². The van der Waals surface area contributed by atoms with E-state index in [1.807, 2.05) is 32.0 Å². The van der Waals surface area contributed by atoms with Crippen molar-refractivity contribution in [2.45, 2.75) is 13.8 Å².